The highest BCUT2D eigenvalue weighted by Gasteiger charge is 2.53. The summed E-state index contributed by atoms with van der Waals surface area (Å²) in [7, 11) is 0. The van der Waals surface area contributed by atoms with Gasteiger partial charge in [-0.25, -0.2) is 0 Å². The number of esters is 1. The van der Waals surface area contributed by atoms with Crippen LogP contribution < -0.4 is 5.73 Å². The van der Waals surface area contributed by atoms with Gasteiger partial charge >= 0.3 is 5.97 Å². The van der Waals surface area contributed by atoms with E-state index in [9.17, 15) is 4.79 Å². The number of rotatable bonds is 2. The highest BCUT2D eigenvalue weighted by Crippen LogP contribution is 2.49. The molecule has 0 saturated heterocycles. The Labute approximate surface area is 78.6 Å². The Hall–Kier alpha value is -0.570. The summed E-state index contributed by atoms with van der Waals surface area (Å²) in [4.78, 5) is 11.6. The predicted octanol–water partition coefficient (Wildman–Crippen LogP) is 1.07. The number of carbonyl (C=O) groups is 1. The highest BCUT2D eigenvalue weighted by atomic mass is 16.5. The molecule has 2 N–H and O–H groups in total. The van der Waals surface area contributed by atoms with E-state index in [0.29, 0.717) is 18.4 Å². The van der Waals surface area contributed by atoms with Gasteiger partial charge in [-0.1, -0.05) is 6.42 Å². The third kappa shape index (κ3) is 1.26. The molecule has 0 unspecified atom stereocenters. The second kappa shape index (κ2) is 2.98. The van der Waals surface area contributed by atoms with Gasteiger partial charge in [0.1, 0.15) is 5.54 Å². The second-order valence-electron chi connectivity index (χ2n) is 4.34. The van der Waals surface area contributed by atoms with E-state index in [4.69, 9.17) is 10.5 Å². The van der Waals surface area contributed by atoms with Crippen molar-refractivity contribution in [2.45, 2.75) is 38.1 Å². The molecule has 74 valence electrons. The topological polar surface area (TPSA) is 52.3 Å². The van der Waals surface area contributed by atoms with Gasteiger partial charge in [-0.15, -0.1) is 0 Å². The zero-order chi connectivity index (χ0) is 9.47. The molecule has 2 aliphatic rings. The molecule has 3 nitrogen and oxygen atoms in total. The Bertz CT molecular complexity index is 229. The van der Waals surface area contributed by atoms with Gasteiger partial charge in [-0.05, 0) is 38.0 Å². The van der Waals surface area contributed by atoms with Crippen molar-refractivity contribution >= 4 is 5.97 Å². The van der Waals surface area contributed by atoms with E-state index in [1.807, 2.05) is 6.92 Å². The van der Waals surface area contributed by atoms with Crippen molar-refractivity contribution in [2.24, 2.45) is 17.6 Å². The summed E-state index contributed by atoms with van der Waals surface area (Å²) in [6.07, 6.45) is 4.34. The van der Waals surface area contributed by atoms with Crippen molar-refractivity contribution in [3.8, 4) is 0 Å². The molecule has 0 aromatic carbocycles. The van der Waals surface area contributed by atoms with E-state index >= 15 is 0 Å². The Kier molecular flexibility index (Phi) is 2.06. The third-order valence-electron chi connectivity index (χ3n) is 3.55. The van der Waals surface area contributed by atoms with Crippen molar-refractivity contribution in [3.63, 3.8) is 0 Å². The van der Waals surface area contributed by atoms with Gasteiger partial charge in [0.2, 0.25) is 0 Å². The zero-order valence-electron chi connectivity index (χ0n) is 8.08. The third-order valence-corrected chi connectivity index (χ3v) is 3.55. The summed E-state index contributed by atoms with van der Waals surface area (Å²) in [6.45, 7) is 2.27. The lowest BCUT2D eigenvalue weighted by Gasteiger charge is -2.30. The molecular weight excluding hydrogens is 166 g/mol. The second-order valence-corrected chi connectivity index (χ2v) is 4.34. The Morgan fingerprint density at radius 1 is 1.62 bits per heavy atom. The molecule has 0 aromatic heterocycles. The van der Waals surface area contributed by atoms with Crippen LogP contribution in [0.2, 0.25) is 0 Å². The first-order valence-corrected chi connectivity index (χ1v) is 5.13. The van der Waals surface area contributed by atoms with Gasteiger partial charge in [0.05, 0.1) is 6.61 Å². The maximum Gasteiger partial charge on any atom is 0.326 e. The van der Waals surface area contributed by atoms with Crippen LogP contribution in [-0.4, -0.2) is 18.1 Å². The van der Waals surface area contributed by atoms with Crippen LogP contribution >= 0.6 is 0 Å². The molecule has 0 heterocycles. The van der Waals surface area contributed by atoms with Crippen molar-refractivity contribution in [1.29, 1.82) is 0 Å². The smallest absolute Gasteiger partial charge is 0.326 e. The Morgan fingerprint density at radius 2 is 2.38 bits per heavy atom. The molecule has 0 spiro atoms. The minimum Gasteiger partial charge on any atom is -0.465 e. The van der Waals surface area contributed by atoms with Crippen LogP contribution in [0.4, 0.5) is 0 Å². The SMILES string of the molecule is CCOC(=O)[C@@]1(N)C[C@@H]2CC[C@H]1C2. The first-order chi connectivity index (χ1) is 6.16. The standard InChI is InChI=1S/C10H17NO2/c1-2-13-9(12)10(11)6-7-3-4-8(10)5-7/h7-8H,2-6,11H2,1H3/t7-,8+,10-/m1/s1. The van der Waals surface area contributed by atoms with Crippen LogP contribution in [-0.2, 0) is 9.53 Å². The van der Waals surface area contributed by atoms with Gasteiger partial charge < -0.3 is 10.5 Å². The fourth-order valence-corrected chi connectivity index (χ4v) is 2.89. The first-order valence-electron chi connectivity index (χ1n) is 5.13. The number of carbonyl (C=O) groups excluding carboxylic acids is 1. The average molecular weight is 183 g/mol. The maximum absolute atomic E-state index is 11.6. The van der Waals surface area contributed by atoms with Crippen LogP contribution in [0.5, 0.6) is 0 Å². The summed E-state index contributed by atoms with van der Waals surface area (Å²) in [5, 5.41) is 0. The highest BCUT2D eigenvalue weighted by molar-refractivity contribution is 5.81. The molecule has 2 rings (SSSR count). The maximum atomic E-state index is 11.6. The van der Waals surface area contributed by atoms with Crippen molar-refractivity contribution in [1.82, 2.24) is 0 Å². The van der Waals surface area contributed by atoms with Crippen molar-refractivity contribution in [3.05, 3.63) is 0 Å². The molecule has 2 aliphatic carbocycles. The van der Waals surface area contributed by atoms with E-state index in [2.05, 4.69) is 0 Å². The Balaban J connectivity index is 2.08. The molecule has 2 fully saturated rings. The van der Waals surface area contributed by atoms with E-state index in [1.165, 1.54) is 6.42 Å². The molecule has 2 bridgehead atoms. The number of ether oxygens (including phenoxy) is 1. The summed E-state index contributed by atoms with van der Waals surface area (Å²) in [5.41, 5.74) is 5.46. The average Bonchev–Trinajstić information content (AvgIpc) is 2.64. The summed E-state index contributed by atoms with van der Waals surface area (Å²) < 4.78 is 5.02. The molecule has 0 aromatic rings. The first kappa shape index (κ1) is 9.00. The lowest BCUT2D eigenvalue weighted by atomic mass is 9.82. The van der Waals surface area contributed by atoms with Crippen LogP contribution in [0.3, 0.4) is 0 Å². The molecule has 0 aliphatic heterocycles. The van der Waals surface area contributed by atoms with Crippen molar-refractivity contribution in [2.75, 3.05) is 6.61 Å². The molecule has 2 saturated carbocycles. The largest absolute Gasteiger partial charge is 0.465 e. The van der Waals surface area contributed by atoms with Crippen LogP contribution in [0.1, 0.15) is 32.6 Å². The lowest BCUT2D eigenvalue weighted by Crippen LogP contribution is -2.53. The summed E-state index contributed by atoms with van der Waals surface area (Å²) >= 11 is 0. The number of hydrogen-bond acceptors (Lipinski definition) is 3. The van der Waals surface area contributed by atoms with Gasteiger partial charge in [0.15, 0.2) is 0 Å². The van der Waals surface area contributed by atoms with Crippen LogP contribution in [0.25, 0.3) is 0 Å². The van der Waals surface area contributed by atoms with E-state index < -0.39 is 5.54 Å². The molecule has 0 amide bonds. The lowest BCUT2D eigenvalue weighted by molar-refractivity contribution is -0.151. The normalized spacial score (nSPS) is 42.3. The minimum absolute atomic E-state index is 0.179. The van der Waals surface area contributed by atoms with Crippen molar-refractivity contribution < 1.29 is 9.53 Å². The van der Waals surface area contributed by atoms with Gasteiger partial charge in [0.25, 0.3) is 0 Å². The molecule has 3 atom stereocenters. The fourth-order valence-electron chi connectivity index (χ4n) is 2.89. The van der Waals surface area contributed by atoms with E-state index in [-0.39, 0.29) is 5.97 Å². The number of nitrogens with two attached hydrogens (primary N) is 1. The monoisotopic (exact) mass is 183 g/mol. The fraction of sp³-hybridized carbons (Fsp3) is 0.900. The number of fused-ring (bicyclic) bond motifs is 2. The molecular formula is C10H17NO2. The zero-order valence-corrected chi connectivity index (χ0v) is 8.08. The molecule has 3 heteroatoms. The van der Waals surface area contributed by atoms with E-state index in [0.717, 1.165) is 19.3 Å². The van der Waals surface area contributed by atoms with E-state index in [1.54, 1.807) is 0 Å². The van der Waals surface area contributed by atoms with Crippen LogP contribution in [0.15, 0.2) is 0 Å². The summed E-state index contributed by atoms with van der Waals surface area (Å²) in [6, 6.07) is 0. The van der Waals surface area contributed by atoms with Crippen LogP contribution in [0, 0.1) is 11.8 Å². The predicted molar refractivity (Wildman–Crippen MR) is 49.0 cm³/mol. The van der Waals surface area contributed by atoms with Gasteiger partial charge in [-0.3, -0.25) is 4.79 Å². The van der Waals surface area contributed by atoms with Gasteiger partial charge in [-0.2, -0.15) is 0 Å². The Morgan fingerprint density at radius 3 is 2.85 bits per heavy atom. The minimum atomic E-state index is -0.640. The summed E-state index contributed by atoms with van der Waals surface area (Å²) in [5.74, 6) is 0.887. The quantitative estimate of drug-likeness (QED) is 0.651. The number of hydrogen-bond donors (Lipinski definition) is 1. The van der Waals surface area contributed by atoms with Gasteiger partial charge in [0, 0.05) is 0 Å². The molecule has 0 radical (unpaired) electrons. The molecule has 13 heavy (non-hydrogen) atoms.